The van der Waals surface area contributed by atoms with Gasteiger partial charge in [0.05, 0.1) is 29.2 Å². The molecule has 0 saturated carbocycles. The summed E-state index contributed by atoms with van der Waals surface area (Å²) >= 11 is 9.87. The van der Waals surface area contributed by atoms with E-state index in [-0.39, 0.29) is 34.6 Å². The monoisotopic (exact) mass is 614 g/mol. The zero-order valence-electron chi connectivity index (χ0n) is 21.4. The summed E-state index contributed by atoms with van der Waals surface area (Å²) in [4.78, 5) is 30.3. The Balaban J connectivity index is 1.60. The number of carbonyl (C=O) groups is 1. The maximum Gasteiger partial charge on any atom is 0.282 e. The predicted molar refractivity (Wildman–Crippen MR) is 154 cm³/mol. The number of nitrogens with one attached hydrogen (secondary N) is 1. The molecule has 1 N–H and O–H groups in total. The van der Waals surface area contributed by atoms with Gasteiger partial charge in [-0.3, -0.25) is 9.59 Å². The summed E-state index contributed by atoms with van der Waals surface area (Å²) in [6.07, 6.45) is 2.25. The van der Waals surface area contributed by atoms with Crippen LogP contribution in [0.4, 0.5) is 10.1 Å². The first kappa shape index (κ1) is 28.3. The van der Waals surface area contributed by atoms with Gasteiger partial charge in [-0.05, 0) is 66.6 Å². The Morgan fingerprint density at radius 3 is 2.67 bits per heavy atom. The second-order valence-electron chi connectivity index (χ2n) is 8.68. The normalized spacial score (nSPS) is 12.1. The Bertz CT molecular complexity index is 1610. The van der Waals surface area contributed by atoms with Gasteiger partial charge in [0.1, 0.15) is 11.6 Å². The average molecular weight is 616 g/mol. The van der Waals surface area contributed by atoms with E-state index in [0.717, 1.165) is 10.9 Å². The molecule has 0 fully saturated rings. The molecule has 4 rings (SSSR count). The Hall–Kier alpha value is -3.76. The molecule has 0 spiro atoms. The third-order valence-corrected chi connectivity index (χ3v) is 6.71. The topological polar surface area (TPSA) is 94.8 Å². The molecule has 0 unspecified atom stereocenters. The van der Waals surface area contributed by atoms with E-state index in [1.165, 1.54) is 42.3 Å². The number of anilines is 1. The van der Waals surface area contributed by atoms with Gasteiger partial charge < -0.3 is 14.8 Å². The van der Waals surface area contributed by atoms with Crippen LogP contribution in [0.15, 0.2) is 69.0 Å². The second-order valence-corrected chi connectivity index (χ2v) is 10.0. The van der Waals surface area contributed by atoms with E-state index in [2.05, 4.69) is 26.3 Å². The molecule has 0 bridgehead atoms. The first-order valence-corrected chi connectivity index (χ1v) is 13.2. The summed E-state index contributed by atoms with van der Waals surface area (Å²) in [7, 11) is 1.44. The van der Waals surface area contributed by atoms with Gasteiger partial charge in [-0.15, -0.1) is 0 Å². The zero-order chi connectivity index (χ0) is 28.1. The molecule has 1 heterocycles. The second kappa shape index (κ2) is 12.4. The lowest BCUT2D eigenvalue weighted by molar-refractivity contribution is -0.118. The molecule has 0 saturated heterocycles. The maximum absolute atomic E-state index is 13.3. The minimum absolute atomic E-state index is 0.0159. The van der Waals surface area contributed by atoms with Crippen LogP contribution in [0.1, 0.15) is 37.6 Å². The minimum atomic E-state index is -0.460. The third kappa shape index (κ3) is 6.63. The number of ether oxygens (including phenoxy) is 2. The van der Waals surface area contributed by atoms with Crippen molar-refractivity contribution in [3.05, 3.63) is 91.7 Å². The SMILES string of the molecule is CC[C@H](C)c1nc2ccc(Br)cc2c(=O)n1N=Cc1cc(Cl)c(OCC(=O)Nc2ccc(F)cc2)c(OC)c1. The van der Waals surface area contributed by atoms with Crippen LogP contribution in [-0.2, 0) is 4.79 Å². The van der Waals surface area contributed by atoms with Crippen molar-refractivity contribution in [3.63, 3.8) is 0 Å². The Kier molecular flexibility index (Phi) is 8.98. The number of rotatable bonds is 9. The molecule has 0 radical (unpaired) electrons. The predicted octanol–water partition coefficient (Wildman–Crippen LogP) is 6.37. The van der Waals surface area contributed by atoms with Crippen molar-refractivity contribution >= 4 is 56.2 Å². The van der Waals surface area contributed by atoms with Gasteiger partial charge in [-0.1, -0.05) is 41.4 Å². The number of benzene rings is 3. The maximum atomic E-state index is 13.3. The minimum Gasteiger partial charge on any atom is -0.493 e. The summed E-state index contributed by atoms with van der Waals surface area (Å²) in [5, 5.41) is 7.68. The number of amides is 1. The van der Waals surface area contributed by atoms with Crippen LogP contribution in [0.5, 0.6) is 11.5 Å². The number of halogens is 3. The van der Waals surface area contributed by atoms with E-state index in [4.69, 9.17) is 26.1 Å². The fourth-order valence-corrected chi connectivity index (χ4v) is 4.36. The highest BCUT2D eigenvalue weighted by molar-refractivity contribution is 9.10. The van der Waals surface area contributed by atoms with Crippen LogP contribution < -0.4 is 20.3 Å². The van der Waals surface area contributed by atoms with Crippen molar-refractivity contribution in [2.24, 2.45) is 5.10 Å². The summed E-state index contributed by atoms with van der Waals surface area (Å²) in [6, 6.07) is 13.9. The lowest BCUT2D eigenvalue weighted by Gasteiger charge is -2.15. The largest absolute Gasteiger partial charge is 0.493 e. The Morgan fingerprint density at radius 1 is 1.23 bits per heavy atom. The van der Waals surface area contributed by atoms with Crippen molar-refractivity contribution in [2.45, 2.75) is 26.2 Å². The van der Waals surface area contributed by atoms with Gasteiger partial charge in [0, 0.05) is 16.1 Å². The van der Waals surface area contributed by atoms with Crippen LogP contribution in [0.2, 0.25) is 5.02 Å². The molecule has 1 aromatic heterocycles. The van der Waals surface area contributed by atoms with E-state index >= 15 is 0 Å². The van der Waals surface area contributed by atoms with Gasteiger partial charge in [-0.2, -0.15) is 9.78 Å². The van der Waals surface area contributed by atoms with Crippen molar-refractivity contribution in [3.8, 4) is 11.5 Å². The van der Waals surface area contributed by atoms with E-state index in [1.54, 1.807) is 24.3 Å². The van der Waals surface area contributed by atoms with E-state index in [9.17, 15) is 14.0 Å². The van der Waals surface area contributed by atoms with Gasteiger partial charge in [0.2, 0.25) is 0 Å². The van der Waals surface area contributed by atoms with Crippen molar-refractivity contribution in [1.29, 1.82) is 0 Å². The smallest absolute Gasteiger partial charge is 0.282 e. The van der Waals surface area contributed by atoms with E-state index < -0.39 is 11.7 Å². The van der Waals surface area contributed by atoms with Gasteiger partial charge >= 0.3 is 0 Å². The standard InChI is InChI=1S/C28H25BrClFN4O4/c1-4-16(2)27-34-23-10-5-18(29)13-21(23)28(37)35(27)32-14-17-11-22(30)26(24(12-17)38-3)39-15-25(36)33-20-8-6-19(31)7-9-20/h5-14,16H,4,15H2,1-3H3,(H,33,36)/t16-/m0/s1. The number of carbonyl (C=O) groups excluding carboxylic acids is 1. The van der Waals surface area contributed by atoms with Crippen LogP contribution in [0.3, 0.4) is 0 Å². The van der Waals surface area contributed by atoms with Crippen LogP contribution in [0, 0.1) is 5.82 Å². The molecule has 3 aromatic carbocycles. The quantitative estimate of drug-likeness (QED) is 0.221. The van der Waals surface area contributed by atoms with Gasteiger partial charge in [-0.25, -0.2) is 9.37 Å². The Morgan fingerprint density at radius 2 is 1.97 bits per heavy atom. The average Bonchev–Trinajstić information content (AvgIpc) is 2.92. The number of aromatic nitrogens is 2. The van der Waals surface area contributed by atoms with E-state index in [0.29, 0.717) is 28.0 Å². The van der Waals surface area contributed by atoms with Gasteiger partial charge in [0.15, 0.2) is 18.1 Å². The molecule has 0 aliphatic carbocycles. The number of nitrogens with zero attached hydrogens (tertiary/aromatic N) is 3. The lowest BCUT2D eigenvalue weighted by atomic mass is 10.1. The molecule has 1 amide bonds. The summed E-state index contributed by atoms with van der Waals surface area (Å²) in [5.74, 6) is 0.0959. The first-order valence-electron chi connectivity index (χ1n) is 12.0. The molecule has 39 heavy (non-hydrogen) atoms. The third-order valence-electron chi connectivity index (χ3n) is 5.94. The fraction of sp³-hybridized carbons (Fsp3) is 0.214. The number of methoxy groups -OCH3 is 1. The molecule has 0 aliphatic rings. The molecule has 4 aromatic rings. The molecule has 8 nitrogen and oxygen atoms in total. The highest BCUT2D eigenvalue weighted by atomic mass is 79.9. The molecule has 11 heteroatoms. The molecular formula is C28H25BrClFN4O4. The van der Waals surface area contributed by atoms with Crippen molar-refractivity contribution in [1.82, 2.24) is 9.66 Å². The number of hydrogen-bond donors (Lipinski definition) is 1. The Labute approximate surface area is 237 Å². The number of fused-ring (bicyclic) bond motifs is 1. The molecule has 0 aliphatic heterocycles. The molecule has 1 atom stereocenters. The van der Waals surface area contributed by atoms with Crippen molar-refractivity contribution in [2.75, 3.05) is 19.0 Å². The van der Waals surface area contributed by atoms with Crippen LogP contribution >= 0.6 is 27.5 Å². The van der Waals surface area contributed by atoms with Crippen molar-refractivity contribution < 1.29 is 18.7 Å². The van der Waals surface area contributed by atoms with E-state index in [1.807, 2.05) is 19.9 Å². The van der Waals surface area contributed by atoms with Crippen LogP contribution in [0.25, 0.3) is 10.9 Å². The fourth-order valence-electron chi connectivity index (χ4n) is 3.73. The highest BCUT2D eigenvalue weighted by Gasteiger charge is 2.17. The van der Waals surface area contributed by atoms with Gasteiger partial charge in [0.25, 0.3) is 11.5 Å². The molecule has 202 valence electrons. The molecular weight excluding hydrogens is 591 g/mol. The summed E-state index contributed by atoms with van der Waals surface area (Å²) in [6.45, 7) is 3.64. The number of hydrogen-bond acceptors (Lipinski definition) is 6. The lowest BCUT2D eigenvalue weighted by Crippen LogP contribution is -2.23. The summed E-state index contributed by atoms with van der Waals surface area (Å²) < 4.78 is 26.2. The first-order chi connectivity index (χ1) is 18.7. The summed E-state index contributed by atoms with van der Waals surface area (Å²) in [5.41, 5.74) is 1.27. The zero-order valence-corrected chi connectivity index (χ0v) is 23.7. The van der Waals surface area contributed by atoms with Crippen LogP contribution in [-0.4, -0.2) is 35.5 Å². The highest BCUT2D eigenvalue weighted by Crippen LogP contribution is 2.36.